The molecule has 0 fully saturated rings. The number of hydrogen-bond acceptors (Lipinski definition) is 5. The number of thiazole rings is 1. The van der Waals surface area contributed by atoms with Crippen molar-refractivity contribution < 1.29 is 14.3 Å². The van der Waals surface area contributed by atoms with Gasteiger partial charge in [-0.1, -0.05) is 23.5 Å². The van der Waals surface area contributed by atoms with Crippen LogP contribution in [0.3, 0.4) is 0 Å². The first-order valence-corrected chi connectivity index (χ1v) is 7.14. The van der Waals surface area contributed by atoms with Gasteiger partial charge in [-0.2, -0.15) is 0 Å². The molecule has 0 atom stereocenters. The van der Waals surface area contributed by atoms with E-state index in [1.807, 2.05) is 24.3 Å². The fraction of sp³-hybridized carbons (Fsp3) is 0.231. The van der Waals surface area contributed by atoms with E-state index < -0.39 is 0 Å². The summed E-state index contributed by atoms with van der Waals surface area (Å²) < 4.78 is 11.0. The highest BCUT2D eigenvalue weighted by atomic mass is 79.9. The largest absolute Gasteiger partial charge is 0.497 e. The Hall–Kier alpha value is -1.40. The quantitative estimate of drug-likeness (QED) is 0.797. The molecule has 0 saturated carbocycles. The van der Waals surface area contributed by atoms with Crippen LogP contribution in [0.5, 0.6) is 5.75 Å². The number of carbonyl (C=O) groups excluding carboxylic acids is 1. The SMILES string of the molecule is COc1ccc(COC(=O)c2sc(Br)nc2C)cc1. The van der Waals surface area contributed by atoms with Crippen molar-refractivity contribution in [2.75, 3.05) is 7.11 Å². The van der Waals surface area contributed by atoms with Gasteiger partial charge in [0.25, 0.3) is 0 Å². The molecule has 0 saturated heterocycles. The predicted molar refractivity (Wildman–Crippen MR) is 76.7 cm³/mol. The van der Waals surface area contributed by atoms with E-state index in [4.69, 9.17) is 9.47 Å². The maximum absolute atomic E-state index is 11.9. The van der Waals surface area contributed by atoms with E-state index >= 15 is 0 Å². The summed E-state index contributed by atoms with van der Waals surface area (Å²) in [5, 5.41) is 0. The van der Waals surface area contributed by atoms with Crippen LogP contribution in [0.2, 0.25) is 0 Å². The molecule has 0 N–H and O–H groups in total. The predicted octanol–water partition coefficient (Wildman–Crippen LogP) is 3.58. The van der Waals surface area contributed by atoms with Crippen LogP contribution in [-0.2, 0) is 11.3 Å². The fourth-order valence-electron chi connectivity index (χ4n) is 1.49. The second-order valence-corrected chi connectivity index (χ2v) is 6.08. The summed E-state index contributed by atoms with van der Waals surface area (Å²) in [6.45, 7) is 2.02. The lowest BCUT2D eigenvalue weighted by Crippen LogP contribution is -2.04. The van der Waals surface area contributed by atoms with Crippen LogP contribution in [0.1, 0.15) is 20.9 Å². The number of esters is 1. The molecule has 19 heavy (non-hydrogen) atoms. The second kappa shape index (κ2) is 6.16. The van der Waals surface area contributed by atoms with Crippen LogP contribution in [-0.4, -0.2) is 18.1 Å². The number of ether oxygens (including phenoxy) is 2. The van der Waals surface area contributed by atoms with E-state index in [2.05, 4.69) is 20.9 Å². The number of aromatic nitrogens is 1. The number of methoxy groups -OCH3 is 1. The number of aryl methyl sites for hydroxylation is 1. The van der Waals surface area contributed by atoms with E-state index in [0.717, 1.165) is 11.3 Å². The molecule has 6 heteroatoms. The average Bonchev–Trinajstić information content (AvgIpc) is 2.75. The topological polar surface area (TPSA) is 48.4 Å². The first-order valence-electron chi connectivity index (χ1n) is 5.53. The van der Waals surface area contributed by atoms with E-state index in [1.165, 1.54) is 11.3 Å². The minimum Gasteiger partial charge on any atom is -0.497 e. The monoisotopic (exact) mass is 341 g/mol. The van der Waals surface area contributed by atoms with Crippen LogP contribution >= 0.6 is 27.3 Å². The molecule has 100 valence electrons. The van der Waals surface area contributed by atoms with Crippen LogP contribution in [0.25, 0.3) is 0 Å². The Kier molecular flexibility index (Phi) is 4.55. The Balaban J connectivity index is 1.98. The maximum atomic E-state index is 11.9. The third kappa shape index (κ3) is 3.54. The molecule has 2 rings (SSSR count). The van der Waals surface area contributed by atoms with Crippen molar-refractivity contribution in [2.24, 2.45) is 0 Å². The molecule has 0 aliphatic carbocycles. The molecule has 2 aromatic rings. The number of carbonyl (C=O) groups is 1. The van der Waals surface area contributed by atoms with Gasteiger partial charge in [0.05, 0.1) is 12.8 Å². The highest BCUT2D eigenvalue weighted by Gasteiger charge is 2.15. The second-order valence-electron chi connectivity index (χ2n) is 3.81. The Labute approximate surface area is 123 Å². The van der Waals surface area contributed by atoms with Crippen molar-refractivity contribution in [1.29, 1.82) is 0 Å². The van der Waals surface area contributed by atoms with Gasteiger partial charge in [-0.05, 0) is 40.5 Å². The molecule has 0 unspecified atom stereocenters. The standard InChI is InChI=1S/C13H12BrNO3S/c1-8-11(19-13(14)15-8)12(16)18-7-9-3-5-10(17-2)6-4-9/h3-6H,7H2,1-2H3. The summed E-state index contributed by atoms with van der Waals surface area (Å²) >= 11 is 4.52. The van der Waals surface area contributed by atoms with Crippen molar-refractivity contribution in [3.8, 4) is 5.75 Å². The van der Waals surface area contributed by atoms with Gasteiger partial charge in [0.2, 0.25) is 0 Å². The summed E-state index contributed by atoms with van der Waals surface area (Å²) in [5.74, 6) is 0.425. The number of hydrogen-bond donors (Lipinski definition) is 0. The van der Waals surface area contributed by atoms with Crippen LogP contribution in [0.15, 0.2) is 28.2 Å². The molecular formula is C13H12BrNO3S. The Morgan fingerprint density at radius 3 is 2.58 bits per heavy atom. The van der Waals surface area contributed by atoms with E-state index in [0.29, 0.717) is 14.5 Å². The third-order valence-electron chi connectivity index (χ3n) is 2.48. The molecule has 0 radical (unpaired) electrons. The van der Waals surface area contributed by atoms with E-state index in [9.17, 15) is 4.79 Å². The summed E-state index contributed by atoms with van der Waals surface area (Å²) in [6.07, 6.45) is 0. The summed E-state index contributed by atoms with van der Waals surface area (Å²) in [6, 6.07) is 7.39. The van der Waals surface area contributed by atoms with Gasteiger partial charge in [-0.15, -0.1) is 0 Å². The molecular weight excluding hydrogens is 330 g/mol. The van der Waals surface area contributed by atoms with Gasteiger partial charge < -0.3 is 9.47 Å². The van der Waals surface area contributed by atoms with Crippen LogP contribution in [0.4, 0.5) is 0 Å². The molecule has 0 bridgehead atoms. The molecule has 1 aromatic heterocycles. The maximum Gasteiger partial charge on any atom is 0.350 e. The van der Waals surface area contributed by atoms with Crippen LogP contribution in [0, 0.1) is 6.92 Å². The first-order chi connectivity index (χ1) is 9.10. The smallest absolute Gasteiger partial charge is 0.350 e. The van der Waals surface area contributed by atoms with Gasteiger partial charge in [0.1, 0.15) is 17.2 Å². The molecule has 1 aromatic carbocycles. The summed E-state index contributed by atoms with van der Waals surface area (Å²) in [4.78, 5) is 16.5. The van der Waals surface area contributed by atoms with Gasteiger partial charge in [0, 0.05) is 0 Å². The molecule has 0 aliphatic rings. The molecule has 0 spiro atoms. The molecule has 4 nitrogen and oxygen atoms in total. The highest BCUT2D eigenvalue weighted by molar-refractivity contribution is 9.11. The van der Waals surface area contributed by atoms with Gasteiger partial charge in [0.15, 0.2) is 3.92 Å². The summed E-state index contributed by atoms with van der Waals surface area (Å²) in [7, 11) is 1.61. The van der Waals surface area contributed by atoms with E-state index in [1.54, 1.807) is 14.0 Å². The molecule has 0 amide bonds. The lowest BCUT2D eigenvalue weighted by molar-refractivity contribution is 0.0477. The zero-order valence-electron chi connectivity index (χ0n) is 10.5. The molecule has 0 aliphatic heterocycles. The lowest BCUT2D eigenvalue weighted by Gasteiger charge is -2.05. The normalized spacial score (nSPS) is 10.3. The number of benzene rings is 1. The Morgan fingerprint density at radius 2 is 2.05 bits per heavy atom. The third-order valence-corrected chi connectivity index (χ3v) is 4.07. The van der Waals surface area contributed by atoms with Crippen molar-refractivity contribution >= 4 is 33.2 Å². The zero-order valence-corrected chi connectivity index (χ0v) is 12.9. The Morgan fingerprint density at radius 1 is 1.37 bits per heavy atom. The van der Waals surface area contributed by atoms with Crippen molar-refractivity contribution in [2.45, 2.75) is 13.5 Å². The van der Waals surface area contributed by atoms with Crippen molar-refractivity contribution in [3.05, 3.63) is 44.3 Å². The lowest BCUT2D eigenvalue weighted by atomic mass is 10.2. The first kappa shape index (κ1) is 14.0. The summed E-state index contributed by atoms with van der Waals surface area (Å²) in [5.41, 5.74) is 1.59. The highest BCUT2D eigenvalue weighted by Crippen LogP contribution is 2.23. The fourth-order valence-corrected chi connectivity index (χ4v) is 2.93. The minimum absolute atomic E-state index is 0.234. The van der Waals surface area contributed by atoms with Crippen molar-refractivity contribution in [1.82, 2.24) is 4.98 Å². The number of nitrogens with zero attached hydrogens (tertiary/aromatic N) is 1. The van der Waals surface area contributed by atoms with Crippen LogP contribution < -0.4 is 4.74 Å². The van der Waals surface area contributed by atoms with Gasteiger partial charge in [-0.3, -0.25) is 0 Å². The van der Waals surface area contributed by atoms with Gasteiger partial charge >= 0.3 is 5.97 Å². The number of rotatable bonds is 4. The zero-order chi connectivity index (χ0) is 13.8. The average molecular weight is 342 g/mol. The van der Waals surface area contributed by atoms with Crippen molar-refractivity contribution in [3.63, 3.8) is 0 Å². The Bertz CT molecular complexity index is 580. The van der Waals surface area contributed by atoms with E-state index in [-0.39, 0.29) is 12.6 Å². The number of halogens is 1. The minimum atomic E-state index is -0.350. The molecule has 1 heterocycles. The van der Waals surface area contributed by atoms with Gasteiger partial charge in [-0.25, -0.2) is 9.78 Å².